The fourth-order valence-electron chi connectivity index (χ4n) is 2.89. The zero-order valence-corrected chi connectivity index (χ0v) is 17.2. The van der Waals surface area contributed by atoms with Gasteiger partial charge in [-0.25, -0.2) is 0 Å². The Labute approximate surface area is 173 Å². The van der Waals surface area contributed by atoms with E-state index in [1.807, 2.05) is 24.3 Å². The quantitative estimate of drug-likeness (QED) is 0.416. The molecule has 1 unspecified atom stereocenters. The van der Waals surface area contributed by atoms with E-state index in [1.54, 1.807) is 18.2 Å². The maximum absolute atomic E-state index is 12.6. The standard InChI is InChI=1S/C19H15BrN4O3S/c1-3-10-28-19-21-17-16(22-23-19)12-6-4-5-7-13(12)24(11(2)25)18(27-17)14-8-9-15(20)26-14/h3-9,18H,1,10H2,2H3. The molecule has 4 rings (SSSR count). The van der Waals surface area contributed by atoms with Gasteiger partial charge in [0.25, 0.3) is 0 Å². The molecule has 0 radical (unpaired) electrons. The average molecular weight is 459 g/mol. The summed E-state index contributed by atoms with van der Waals surface area (Å²) in [5.41, 5.74) is 1.83. The molecule has 9 heteroatoms. The number of hydrogen-bond donors (Lipinski definition) is 0. The van der Waals surface area contributed by atoms with Crippen LogP contribution in [0.25, 0.3) is 11.3 Å². The van der Waals surface area contributed by atoms with E-state index in [1.165, 1.54) is 23.6 Å². The lowest BCUT2D eigenvalue weighted by Crippen LogP contribution is -2.35. The number of carbonyl (C=O) groups excluding carboxylic acids is 1. The van der Waals surface area contributed by atoms with Crippen LogP contribution in [0.4, 0.5) is 5.69 Å². The van der Waals surface area contributed by atoms with Crippen LogP contribution in [0.15, 0.2) is 63.3 Å². The second-order valence-corrected chi connectivity index (χ2v) is 7.63. The number of aromatic nitrogens is 3. The highest BCUT2D eigenvalue weighted by atomic mass is 79.9. The first-order chi connectivity index (χ1) is 13.6. The normalized spacial score (nSPS) is 15.2. The third-order valence-corrected chi connectivity index (χ3v) is 5.28. The minimum atomic E-state index is -0.833. The molecule has 3 aromatic rings. The molecular formula is C19H15BrN4O3S. The lowest BCUT2D eigenvalue weighted by atomic mass is 10.1. The van der Waals surface area contributed by atoms with Crippen molar-refractivity contribution in [1.82, 2.24) is 15.2 Å². The Bertz CT molecular complexity index is 1060. The minimum absolute atomic E-state index is 0.202. The van der Waals surface area contributed by atoms with Crippen molar-refractivity contribution in [1.29, 1.82) is 0 Å². The number of rotatable bonds is 4. The van der Waals surface area contributed by atoms with Crippen molar-refractivity contribution in [3.8, 4) is 17.1 Å². The molecule has 28 heavy (non-hydrogen) atoms. The summed E-state index contributed by atoms with van der Waals surface area (Å²) < 4.78 is 12.4. The van der Waals surface area contributed by atoms with Gasteiger partial charge in [0.2, 0.25) is 23.2 Å². The largest absolute Gasteiger partial charge is 0.448 e. The number of amides is 1. The van der Waals surface area contributed by atoms with E-state index < -0.39 is 6.23 Å². The molecule has 142 valence electrons. The lowest BCUT2D eigenvalue weighted by molar-refractivity contribution is -0.118. The van der Waals surface area contributed by atoms with Crippen LogP contribution in [0.5, 0.6) is 5.88 Å². The Kier molecular flexibility index (Phi) is 5.19. The molecule has 0 saturated carbocycles. The molecule has 1 aliphatic rings. The van der Waals surface area contributed by atoms with E-state index in [4.69, 9.17) is 9.15 Å². The number of thioether (sulfide) groups is 1. The summed E-state index contributed by atoms with van der Waals surface area (Å²) in [6.45, 7) is 5.18. The molecule has 0 spiro atoms. The van der Waals surface area contributed by atoms with Gasteiger partial charge in [0.1, 0.15) is 0 Å². The van der Waals surface area contributed by atoms with Gasteiger partial charge in [-0.2, -0.15) is 4.98 Å². The zero-order valence-electron chi connectivity index (χ0n) is 14.8. The molecule has 1 aromatic carbocycles. The van der Waals surface area contributed by atoms with E-state index >= 15 is 0 Å². The first-order valence-corrected chi connectivity index (χ1v) is 10.2. The van der Waals surface area contributed by atoms with Crippen molar-refractivity contribution < 1.29 is 13.9 Å². The fraction of sp³-hybridized carbons (Fsp3) is 0.158. The maximum atomic E-state index is 12.6. The van der Waals surface area contributed by atoms with Crippen LogP contribution in [0, 0.1) is 0 Å². The molecule has 7 nitrogen and oxygen atoms in total. The van der Waals surface area contributed by atoms with Crippen molar-refractivity contribution in [3.63, 3.8) is 0 Å². The highest BCUT2D eigenvalue weighted by Crippen LogP contribution is 2.43. The van der Waals surface area contributed by atoms with Crippen molar-refractivity contribution in [2.24, 2.45) is 0 Å². The SMILES string of the molecule is C=CCSc1nnc2c(n1)OC(c1ccc(Br)o1)N(C(C)=O)c1ccccc1-2. The molecule has 0 bridgehead atoms. The molecule has 1 atom stereocenters. The van der Waals surface area contributed by atoms with Crippen molar-refractivity contribution in [2.75, 3.05) is 10.7 Å². The van der Waals surface area contributed by atoms with Crippen molar-refractivity contribution in [2.45, 2.75) is 18.3 Å². The van der Waals surface area contributed by atoms with Crippen LogP contribution in [0.3, 0.4) is 0 Å². The monoisotopic (exact) mass is 458 g/mol. The van der Waals surface area contributed by atoms with Gasteiger partial charge in [0.15, 0.2) is 16.1 Å². The summed E-state index contributed by atoms with van der Waals surface area (Å²) in [6, 6.07) is 10.9. The highest BCUT2D eigenvalue weighted by Gasteiger charge is 2.36. The second kappa shape index (κ2) is 7.76. The van der Waals surface area contributed by atoms with Gasteiger partial charge in [-0.05, 0) is 34.1 Å². The van der Waals surface area contributed by atoms with Crippen LogP contribution in [-0.4, -0.2) is 26.8 Å². The Morgan fingerprint density at radius 2 is 2.14 bits per heavy atom. The number of fused-ring (bicyclic) bond motifs is 3. The van der Waals surface area contributed by atoms with Gasteiger partial charge in [0.05, 0.1) is 5.69 Å². The van der Waals surface area contributed by atoms with Gasteiger partial charge < -0.3 is 9.15 Å². The van der Waals surface area contributed by atoms with Crippen molar-refractivity contribution in [3.05, 3.63) is 59.5 Å². The molecular weight excluding hydrogens is 444 g/mol. The number of para-hydroxylation sites is 1. The van der Waals surface area contributed by atoms with Crippen LogP contribution >= 0.6 is 27.7 Å². The summed E-state index contributed by atoms with van der Waals surface area (Å²) in [6.07, 6.45) is 0.927. The van der Waals surface area contributed by atoms with Gasteiger partial charge in [-0.3, -0.25) is 9.69 Å². The lowest BCUT2D eigenvalue weighted by Gasteiger charge is -2.28. The molecule has 0 N–H and O–H groups in total. The predicted molar refractivity (Wildman–Crippen MR) is 109 cm³/mol. The van der Waals surface area contributed by atoms with E-state index in [9.17, 15) is 4.79 Å². The zero-order chi connectivity index (χ0) is 19.7. The smallest absolute Gasteiger partial charge is 0.247 e. The van der Waals surface area contributed by atoms with Crippen molar-refractivity contribution >= 4 is 39.3 Å². The third-order valence-electron chi connectivity index (χ3n) is 4.02. The number of carbonyl (C=O) groups is 1. The van der Waals surface area contributed by atoms with Crippen LogP contribution < -0.4 is 9.64 Å². The summed E-state index contributed by atoms with van der Waals surface area (Å²) >= 11 is 4.70. The molecule has 0 fully saturated rings. The van der Waals surface area contributed by atoms with Gasteiger partial charge in [0, 0.05) is 18.2 Å². The summed E-state index contributed by atoms with van der Waals surface area (Å²) in [4.78, 5) is 18.6. The Morgan fingerprint density at radius 3 is 2.86 bits per heavy atom. The minimum Gasteiger partial charge on any atom is -0.448 e. The average Bonchev–Trinajstić information content (AvgIpc) is 3.06. The Hall–Kier alpha value is -2.65. The molecule has 2 aromatic heterocycles. The van der Waals surface area contributed by atoms with E-state index in [2.05, 4.69) is 37.7 Å². The summed E-state index contributed by atoms with van der Waals surface area (Å²) in [7, 11) is 0. The maximum Gasteiger partial charge on any atom is 0.247 e. The number of anilines is 1. The first kappa shape index (κ1) is 18.7. The molecule has 1 amide bonds. The predicted octanol–water partition coefficient (Wildman–Crippen LogP) is 4.62. The van der Waals surface area contributed by atoms with E-state index in [0.29, 0.717) is 38.3 Å². The topological polar surface area (TPSA) is 81.3 Å². The van der Waals surface area contributed by atoms with Crippen LogP contribution in [-0.2, 0) is 4.79 Å². The highest BCUT2D eigenvalue weighted by molar-refractivity contribution is 9.10. The molecule has 1 aliphatic heterocycles. The van der Waals surface area contributed by atoms with Crippen LogP contribution in [0.2, 0.25) is 0 Å². The number of halogens is 1. The van der Waals surface area contributed by atoms with Gasteiger partial charge in [-0.1, -0.05) is 36.0 Å². The number of hydrogen-bond acceptors (Lipinski definition) is 7. The molecule has 3 heterocycles. The third kappa shape index (κ3) is 3.43. The number of benzene rings is 1. The molecule has 0 aliphatic carbocycles. The van der Waals surface area contributed by atoms with Crippen LogP contribution in [0.1, 0.15) is 18.9 Å². The van der Waals surface area contributed by atoms with E-state index in [0.717, 1.165) is 0 Å². The number of ether oxygens (including phenoxy) is 1. The summed E-state index contributed by atoms with van der Waals surface area (Å²) in [5.74, 6) is 1.19. The van der Waals surface area contributed by atoms with Gasteiger partial charge in [-0.15, -0.1) is 16.8 Å². The number of furan rings is 1. The van der Waals surface area contributed by atoms with Gasteiger partial charge >= 0.3 is 0 Å². The second-order valence-electron chi connectivity index (χ2n) is 5.87. The first-order valence-electron chi connectivity index (χ1n) is 8.38. The Morgan fingerprint density at radius 1 is 1.32 bits per heavy atom. The van der Waals surface area contributed by atoms with E-state index in [-0.39, 0.29) is 11.8 Å². The summed E-state index contributed by atoms with van der Waals surface area (Å²) in [5, 5.41) is 8.98. The Balaban J connectivity index is 1.91. The fourth-order valence-corrected chi connectivity index (χ4v) is 3.73. The number of nitrogens with zero attached hydrogens (tertiary/aromatic N) is 4. The molecule has 0 saturated heterocycles.